The second-order valence-corrected chi connectivity index (χ2v) is 12.6. The fraction of sp³-hybridized carbons (Fsp3) is 0.419. The predicted octanol–water partition coefficient (Wildman–Crippen LogP) is 7.34. The summed E-state index contributed by atoms with van der Waals surface area (Å²) in [5.74, 6) is -0.779. The molecule has 0 saturated carbocycles. The van der Waals surface area contributed by atoms with Crippen LogP contribution in [0.1, 0.15) is 78.1 Å². The molecule has 0 radical (unpaired) electrons. The molecule has 208 valence electrons. The minimum Gasteiger partial charge on any atom is -0.330 e. The summed E-state index contributed by atoms with van der Waals surface area (Å²) >= 11 is 1.68. The van der Waals surface area contributed by atoms with Gasteiger partial charge in [-0.3, -0.25) is 9.59 Å². The molecular formula is C31H35F3N2O2S. The Kier molecular flexibility index (Phi) is 8.26. The maximum absolute atomic E-state index is 13.8. The highest BCUT2D eigenvalue weighted by molar-refractivity contribution is 7.10. The van der Waals surface area contributed by atoms with Gasteiger partial charge < -0.3 is 9.80 Å². The number of hydrogen-bond donors (Lipinski definition) is 0. The SMILES string of the molecule is CC(C)CN(CC(=O)N1CCc2sccc2[C@@H]1c1ccc(C(C)(C)C)cc1)C(=O)c1cccc(C(F)(F)F)c1. The first-order chi connectivity index (χ1) is 18.3. The van der Waals surface area contributed by atoms with Crippen molar-refractivity contribution in [2.45, 2.75) is 58.7 Å². The lowest BCUT2D eigenvalue weighted by Crippen LogP contribution is -2.47. The van der Waals surface area contributed by atoms with Crippen LogP contribution in [0.15, 0.2) is 60.0 Å². The molecule has 1 aromatic heterocycles. The number of thiophene rings is 1. The van der Waals surface area contributed by atoms with Crippen LogP contribution >= 0.6 is 11.3 Å². The molecule has 4 nitrogen and oxygen atoms in total. The van der Waals surface area contributed by atoms with E-state index in [1.165, 1.54) is 27.5 Å². The van der Waals surface area contributed by atoms with Crippen LogP contribution in [0.4, 0.5) is 13.2 Å². The van der Waals surface area contributed by atoms with E-state index < -0.39 is 17.6 Å². The standard InChI is InChI=1S/C31H35F3N2O2S/c1-20(2)18-35(29(38)22-7-6-8-24(17-22)31(32,33)34)19-27(37)36-15-13-26-25(14-16-39-26)28(36)21-9-11-23(12-10-21)30(3,4)5/h6-12,14,16-17,20,28H,13,15,18-19H2,1-5H3/t28-/m0/s1. The molecule has 0 unspecified atom stereocenters. The summed E-state index contributed by atoms with van der Waals surface area (Å²) in [4.78, 5) is 31.7. The van der Waals surface area contributed by atoms with E-state index in [4.69, 9.17) is 0 Å². The van der Waals surface area contributed by atoms with Crippen molar-refractivity contribution in [2.24, 2.45) is 5.92 Å². The molecule has 0 saturated heterocycles. The van der Waals surface area contributed by atoms with Gasteiger partial charge in [0.15, 0.2) is 0 Å². The maximum Gasteiger partial charge on any atom is 0.416 e. The third-order valence-corrected chi connectivity index (χ3v) is 8.01. The van der Waals surface area contributed by atoms with E-state index in [0.29, 0.717) is 6.54 Å². The first-order valence-electron chi connectivity index (χ1n) is 13.2. The second-order valence-electron chi connectivity index (χ2n) is 11.6. The number of alkyl halides is 3. The zero-order valence-corrected chi connectivity index (χ0v) is 23.8. The highest BCUT2D eigenvalue weighted by Gasteiger charge is 2.35. The monoisotopic (exact) mass is 556 g/mol. The van der Waals surface area contributed by atoms with Crippen LogP contribution < -0.4 is 0 Å². The molecule has 1 aliphatic heterocycles. The Hall–Kier alpha value is -3.13. The molecule has 2 aromatic carbocycles. The number of nitrogens with zero attached hydrogens (tertiary/aromatic N) is 2. The van der Waals surface area contributed by atoms with Crippen molar-refractivity contribution in [1.29, 1.82) is 0 Å². The molecule has 2 amide bonds. The largest absolute Gasteiger partial charge is 0.416 e. The number of fused-ring (bicyclic) bond motifs is 1. The lowest BCUT2D eigenvalue weighted by atomic mass is 9.85. The van der Waals surface area contributed by atoms with Crippen molar-refractivity contribution in [3.63, 3.8) is 0 Å². The molecule has 0 bridgehead atoms. The molecule has 2 heterocycles. The van der Waals surface area contributed by atoms with Gasteiger partial charge in [-0.2, -0.15) is 13.2 Å². The lowest BCUT2D eigenvalue weighted by Gasteiger charge is -2.38. The summed E-state index contributed by atoms with van der Waals surface area (Å²) in [6.07, 6.45) is -3.84. The van der Waals surface area contributed by atoms with Crippen molar-refractivity contribution >= 4 is 23.2 Å². The van der Waals surface area contributed by atoms with E-state index in [2.05, 4.69) is 51.1 Å². The minimum absolute atomic E-state index is 0.00469. The molecule has 3 aromatic rings. The summed E-state index contributed by atoms with van der Waals surface area (Å²) in [6.45, 7) is 10.8. The zero-order chi connectivity index (χ0) is 28.5. The van der Waals surface area contributed by atoms with Gasteiger partial charge in [-0.1, -0.05) is 65.0 Å². The van der Waals surface area contributed by atoms with Gasteiger partial charge in [0.1, 0.15) is 6.54 Å². The highest BCUT2D eigenvalue weighted by Crippen LogP contribution is 2.38. The lowest BCUT2D eigenvalue weighted by molar-refractivity contribution is -0.137. The van der Waals surface area contributed by atoms with Gasteiger partial charge in [0.2, 0.25) is 5.91 Å². The molecule has 1 aliphatic rings. The van der Waals surface area contributed by atoms with E-state index in [-0.39, 0.29) is 41.9 Å². The normalized spacial score (nSPS) is 15.8. The molecule has 4 rings (SSSR count). The first-order valence-corrected chi connectivity index (χ1v) is 14.1. The summed E-state index contributed by atoms with van der Waals surface area (Å²) in [6, 6.07) is 14.5. The Bertz CT molecular complexity index is 1320. The van der Waals surface area contributed by atoms with Crippen LogP contribution in [0.3, 0.4) is 0 Å². The average Bonchev–Trinajstić information content (AvgIpc) is 3.35. The topological polar surface area (TPSA) is 40.6 Å². The van der Waals surface area contributed by atoms with Crippen molar-refractivity contribution < 1.29 is 22.8 Å². The van der Waals surface area contributed by atoms with Gasteiger partial charge in [0, 0.05) is 23.5 Å². The summed E-state index contributed by atoms with van der Waals surface area (Å²) in [5, 5.41) is 2.04. The van der Waals surface area contributed by atoms with Crippen molar-refractivity contribution in [3.05, 3.63) is 92.7 Å². The Labute approximate surface area is 232 Å². The number of halogens is 3. The summed E-state index contributed by atoms with van der Waals surface area (Å²) in [5.41, 5.74) is 2.31. The van der Waals surface area contributed by atoms with Crippen molar-refractivity contribution in [3.8, 4) is 0 Å². The molecule has 1 atom stereocenters. The summed E-state index contributed by atoms with van der Waals surface area (Å²) < 4.78 is 39.9. The van der Waals surface area contributed by atoms with Crippen LogP contribution in [0.25, 0.3) is 0 Å². The van der Waals surface area contributed by atoms with Crippen LogP contribution in [0.2, 0.25) is 0 Å². The van der Waals surface area contributed by atoms with E-state index >= 15 is 0 Å². The number of rotatable bonds is 6. The Balaban J connectivity index is 1.64. The van der Waals surface area contributed by atoms with Crippen LogP contribution in [-0.4, -0.2) is 41.2 Å². The predicted molar refractivity (Wildman–Crippen MR) is 149 cm³/mol. The molecule has 8 heteroatoms. The van der Waals surface area contributed by atoms with Crippen LogP contribution in [0, 0.1) is 5.92 Å². The number of hydrogen-bond acceptors (Lipinski definition) is 3. The first kappa shape index (κ1) is 28.9. The molecule has 0 fully saturated rings. The van der Waals surface area contributed by atoms with Crippen LogP contribution in [-0.2, 0) is 22.8 Å². The Morgan fingerprint density at radius 3 is 2.33 bits per heavy atom. The number of carbonyl (C=O) groups is 2. The van der Waals surface area contributed by atoms with Gasteiger partial charge >= 0.3 is 6.18 Å². The summed E-state index contributed by atoms with van der Waals surface area (Å²) in [7, 11) is 0. The number of amides is 2. The average molecular weight is 557 g/mol. The van der Waals surface area contributed by atoms with E-state index in [1.54, 1.807) is 11.3 Å². The number of benzene rings is 2. The van der Waals surface area contributed by atoms with Gasteiger partial charge in [0.25, 0.3) is 5.91 Å². The zero-order valence-electron chi connectivity index (χ0n) is 23.0. The molecule has 39 heavy (non-hydrogen) atoms. The Morgan fingerprint density at radius 2 is 1.72 bits per heavy atom. The fourth-order valence-corrected chi connectivity index (χ4v) is 5.94. The van der Waals surface area contributed by atoms with Crippen molar-refractivity contribution in [2.75, 3.05) is 19.6 Å². The van der Waals surface area contributed by atoms with Crippen molar-refractivity contribution in [1.82, 2.24) is 9.80 Å². The molecule has 0 N–H and O–H groups in total. The van der Waals surface area contributed by atoms with Gasteiger partial charge in [-0.15, -0.1) is 11.3 Å². The third kappa shape index (κ3) is 6.55. The second kappa shape index (κ2) is 11.2. The minimum atomic E-state index is -4.56. The highest BCUT2D eigenvalue weighted by atomic mass is 32.1. The molecule has 0 spiro atoms. The molecule has 0 aliphatic carbocycles. The smallest absolute Gasteiger partial charge is 0.330 e. The van der Waals surface area contributed by atoms with E-state index in [9.17, 15) is 22.8 Å². The van der Waals surface area contributed by atoms with E-state index in [1.807, 2.05) is 24.1 Å². The Morgan fingerprint density at radius 1 is 1.03 bits per heavy atom. The van der Waals surface area contributed by atoms with E-state index in [0.717, 1.165) is 29.7 Å². The number of carbonyl (C=O) groups excluding carboxylic acids is 2. The molecular weight excluding hydrogens is 521 g/mol. The van der Waals surface area contributed by atoms with Gasteiger partial charge in [0.05, 0.1) is 11.6 Å². The quantitative estimate of drug-likeness (QED) is 0.319. The van der Waals surface area contributed by atoms with Gasteiger partial charge in [-0.05, 0) is 64.1 Å². The maximum atomic E-state index is 13.8. The van der Waals surface area contributed by atoms with Gasteiger partial charge in [-0.25, -0.2) is 0 Å². The fourth-order valence-electron chi connectivity index (χ4n) is 5.04. The van der Waals surface area contributed by atoms with Crippen LogP contribution in [0.5, 0.6) is 0 Å². The third-order valence-electron chi connectivity index (χ3n) is 7.01.